The molecule has 1 saturated heterocycles. The van der Waals surface area contributed by atoms with Gasteiger partial charge in [0.1, 0.15) is 0 Å². The third-order valence-electron chi connectivity index (χ3n) is 3.81. The first-order valence-electron chi connectivity index (χ1n) is 7.31. The van der Waals surface area contributed by atoms with E-state index in [2.05, 4.69) is 29.4 Å². The lowest BCUT2D eigenvalue weighted by Gasteiger charge is -2.29. The molecule has 5 nitrogen and oxygen atoms in total. The Bertz CT molecular complexity index is 281. The van der Waals surface area contributed by atoms with Crippen molar-refractivity contribution in [2.75, 3.05) is 40.8 Å². The summed E-state index contributed by atoms with van der Waals surface area (Å²) in [4.78, 5) is 16.1. The molecule has 1 aliphatic heterocycles. The number of rotatable bonds is 7. The van der Waals surface area contributed by atoms with Crippen molar-refractivity contribution in [1.82, 2.24) is 20.4 Å². The highest BCUT2D eigenvalue weighted by Gasteiger charge is 2.31. The van der Waals surface area contributed by atoms with Crippen LogP contribution in [0.5, 0.6) is 0 Å². The van der Waals surface area contributed by atoms with Gasteiger partial charge in [0.15, 0.2) is 0 Å². The zero-order valence-electron chi connectivity index (χ0n) is 13.1. The summed E-state index contributed by atoms with van der Waals surface area (Å²) in [6.45, 7) is 7.54. The number of nitrogens with one attached hydrogen (secondary N) is 2. The fourth-order valence-electron chi connectivity index (χ4n) is 2.57. The first-order chi connectivity index (χ1) is 8.95. The van der Waals surface area contributed by atoms with Gasteiger partial charge in [-0.3, -0.25) is 9.69 Å². The molecule has 1 aliphatic rings. The predicted octanol–water partition coefficient (Wildman–Crippen LogP) is 0.125. The van der Waals surface area contributed by atoms with Crippen molar-refractivity contribution in [1.29, 1.82) is 0 Å². The number of hydrogen-bond acceptors (Lipinski definition) is 4. The maximum absolute atomic E-state index is 11.9. The van der Waals surface area contributed by atoms with E-state index in [1.165, 1.54) is 0 Å². The molecule has 1 heterocycles. The number of nitrogens with zero attached hydrogens (tertiary/aromatic N) is 2. The molecule has 1 amide bonds. The van der Waals surface area contributed by atoms with Crippen LogP contribution in [0.3, 0.4) is 0 Å². The standard InChI is InChI=1S/C14H30N4O/c1-11(2)18(9-8-15-3)10-12-6-7-13(16-12)14(19)17(4)5/h11-13,15-16H,6-10H2,1-5H3. The Hall–Kier alpha value is -0.650. The summed E-state index contributed by atoms with van der Waals surface area (Å²) < 4.78 is 0. The molecular weight excluding hydrogens is 240 g/mol. The van der Waals surface area contributed by atoms with Crippen LogP contribution in [0.25, 0.3) is 0 Å². The molecule has 2 unspecified atom stereocenters. The molecule has 0 saturated carbocycles. The molecular formula is C14H30N4O. The highest BCUT2D eigenvalue weighted by atomic mass is 16.2. The quantitative estimate of drug-likeness (QED) is 0.690. The molecule has 1 rings (SSSR count). The Labute approximate surface area is 117 Å². The number of carbonyl (C=O) groups is 1. The molecule has 19 heavy (non-hydrogen) atoms. The molecule has 2 N–H and O–H groups in total. The summed E-state index contributed by atoms with van der Waals surface area (Å²) in [5.74, 6) is 0.203. The molecule has 2 atom stereocenters. The number of amides is 1. The number of hydrogen-bond donors (Lipinski definition) is 2. The third kappa shape index (κ3) is 5.09. The van der Waals surface area contributed by atoms with Gasteiger partial charge >= 0.3 is 0 Å². The van der Waals surface area contributed by atoms with Gasteiger partial charge in [-0.2, -0.15) is 0 Å². The van der Waals surface area contributed by atoms with Gasteiger partial charge in [0, 0.05) is 45.8 Å². The van der Waals surface area contributed by atoms with Gasteiger partial charge in [-0.25, -0.2) is 0 Å². The summed E-state index contributed by atoms with van der Waals surface area (Å²) in [5, 5.41) is 6.68. The number of carbonyl (C=O) groups excluding carboxylic acids is 1. The van der Waals surface area contributed by atoms with E-state index in [1.807, 2.05) is 21.1 Å². The third-order valence-corrected chi connectivity index (χ3v) is 3.81. The second-order valence-electron chi connectivity index (χ2n) is 5.92. The van der Waals surface area contributed by atoms with Crippen LogP contribution in [0.1, 0.15) is 26.7 Å². The summed E-state index contributed by atoms with van der Waals surface area (Å²) >= 11 is 0. The molecule has 0 aromatic rings. The van der Waals surface area contributed by atoms with Crippen LogP contribution in [0.15, 0.2) is 0 Å². The molecule has 0 aromatic carbocycles. The lowest BCUT2D eigenvalue weighted by molar-refractivity contribution is -0.130. The molecule has 112 valence electrons. The molecule has 0 spiro atoms. The van der Waals surface area contributed by atoms with Crippen LogP contribution in [0.2, 0.25) is 0 Å². The maximum atomic E-state index is 11.9. The van der Waals surface area contributed by atoms with E-state index in [0.29, 0.717) is 12.1 Å². The fraction of sp³-hybridized carbons (Fsp3) is 0.929. The first kappa shape index (κ1) is 16.4. The van der Waals surface area contributed by atoms with Crippen molar-refractivity contribution in [3.05, 3.63) is 0 Å². The van der Waals surface area contributed by atoms with Crippen LogP contribution >= 0.6 is 0 Å². The Balaban J connectivity index is 2.43. The average Bonchev–Trinajstić information content (AvgIpc) is 2.81. The van der Waals surface area contributed by atoms with Gasteiger partial charge in [0.25, 0.3) is 0 Å². The molecule has 0 radical (unpaired) electrons. The monoisotopic (exact) mass is 270 g/mol. The van der Waals surface area contributed by atoms with Crippen LogP contribution in [0, 0.1) is 0 Å². The molecule has 1 fully saturated rings. The van der Waals surface area contributed by atoms with Crippen molar-refractivity contribution in [2.24, 2.45) is 0 Å². The van der Waals surface area contributed by atoms with Crippen LogP contribution in [0.4, 0.5) is 0 Å². The zero-order valence-corrected chi connectivity index (χ0v) is 13.1. The minimum absolute atomic E-state index is 0.0123. The first-order valence-corrected chi connectivity index (χ1v) is 7.31. The van der Waals surface area contributed by atoms with E-state index in [4.69, 9.17) is 0 Å². The zero-order chi connectivity index (χ0) is 14.4. The minimum Gasteiger partial charge on any atom is -0.347 e. The Morgan fingerprint density at radius 1 is 1.37 bits per heavy atom. The average molecular weight is 270 g/mol. The van der Waals surface area contributed by atoms with Crippen LogP contribution in [-0.4, -0.2) is 74.6 Å². The van der Waals surface area contributed by atoms with Gasteiger partial charge in [-0.15, -0.1) is 0 Å². The largest absolute Gasteiger partial charge is 0.347 e. The minimum atomic E-state index is 0.0123. The summed E-state index contributed by atoms with van der Waals surface area (Å²) in [7, 11) is 5.63. The SMILES string of the molecule is CNCCN(CC1CCC(C(=O)N(C)C)N1)C(C)C. The smallest absolute Gasteiger partial charge is 0.239 e. The normalized spacial score (nSPS) is 23.3. The lowest BCUT2D eigenvalue weighted by atomic mass is 10.1. The highest BCUT2D eigenvalue weighted by Crippen LogP contribution is 2.15. The van der Waals surface area contributed by atoms with Gasteiger partial charge in [-0.05, 0) is 33.7 Å². The van der Waals surface area contributed by atoms with Crippen molar-refractivity contribution in [3.63, 3.8) is 0 Å². The van der Waals surface area contributed by atoms with Gasteiger partial charge in [0.2, 0.25) is 5.91 Å². The Morgan fingerprint density at radius 3 is 2.58 bits per heavy atom. The highest BCUT2D eigenvalue weighted by molar-refractivity contribution is 5.81. The van der Waals surface area contributed by atoms with Crippen molar-refractivity contribution < 1.29 is 4.79 Å². The second-order valence-corrected chi connectivity index (χ2v) is 5.92. The lowest BCUT2D eigenvalue weighted by Crippen LogP contribution is -2.47. The predicted molar refractivity (Wildman–Crippen MR) is 79.3 cm³/mol. The van der Waals surface area contributed by atoms with Gasteiger partial charge in [-0.1, -0.05) is 0 Å². The fourth-order valence-corrected chi connectivity index (χ4v) is 2.57. The summed E-state index contributed by atoms with van der Waals surface area (Å²) in [5.41, 5.74) is 0. The molecule has 0 aromatic heterocycles. The molecule has 0 aliphatic carbocycles. The van der Waals surface area contributed by atoms with E-state index < -0.39 is 0 Å². The van der Waals surface area contributed by atoms with Gasteiger partial charge < -0.3 is 15.5 Å². The van der Waals surface area contributed by atoms with Crippen LogP contribution < -0.4 is 10.6 Å². The van der Waals surface area contributed by atoms with E-state index in [-0.39, 0.29) is 11.9 Å². The van der Waals surface area contributed by atoms with E-state index in [0.717, 1.165) is 32.5 Å². The van der Waals surface area contributed by atoms with E-state index >= 15 is 0 Å². The van der Waals surface area contributed by atoms with Crippen molar-refractivity contribution in [2.45, 2.75) is 44.8 Å². The topological polar surface area (TPSA) is 47.6 Å². The Morgan fingerprint density at radius 2 is 2.05 bits per heavy atom. The van der Waals surface area contributed by atoms with E-state index in [1.54, 1.807) is 4.90 Å². The van der Waals surface area contributed by atoms with Crippen molar-refractivity contribution >= 4 is 5.91 Å². The number of likely N-dealkylation sites (N-methyl/N-ethyl adjacent to an activating group) is 2. The molecule has 5 heteroatoms. The van der Waals surface area contributed by atoms with Crippen molar-refractivity contribution in [3.8, 4) is 0 Å². The van der Waals surface area contributed by atoms with Crippen LogP contribution in [-0.2, 0) is 4.79 Å². The Kier molecular flexibility index (Phi) is 6.75. The summed E-state index contributed by atoms with van der Waals surface area (Å²) in [6.07, 6.45) is 2.05. The second kappa shape index (κ2) is 7.82. The maximum Gasteiger partial charge on any atom is 0.239 e. The summed E-state index contributed by atoms with van der Waals surface area (Å²) in [6, 6.07) is 0.991. The molecule has 0 bridgehead atoms. The van der Waals surface area contributed by atoms with Gasteiger partial charge in [0.05, 0.1) is 6.04 Å². The van der Waals surface area contributed by atoms with E-state index in [9.17, 15) is 4.79 Å².